The SMILES string of the molecule is C=CCOc1ccc(C=c2sc3n(c2=O)[C@H](c2ccccc2OCC)C(C(=O)OCC)=C(C)N=3)cc1Br. The van der Waals surface area contributed by atoms with E-state index in [0.29, 0.717) is 50.9 Å². The van der Waals surface area contributed by atoms with E-state index in [4.69, 9.17) is 14.2 Å². The van der Waals surface area contributed by atoms with E-state index in [1.165, 1.54) is 11.3 Å². The Hall–Kier alpha value is -3.43. The highest BCUT2D eigenvalue weighted by Gasteiger charge is 2.35. The van der Waals surface area contributed by atoms with Crippen LogP contribution in [0.1, 0.15) is 37.9 Å². The average Bonchev–Trinajstić information content (AvgIpc) is 3.17. The summed E-state index contributed by atoms with van der Waals surface area (Å²) < 4.78 is 19.7. The second-order valence-electron chi connectivity index (χ2n) is 8.06. The summed E-state index contributed by atoms with van der Waals surface area (Å²) in [4.78, 5) is 32.1. The standard InChI is InChI=1S/C28H27BrN2O5S/c1-5-14-36-22-13-12-18(15-20(22)29)16-23-26(32)31-25(19-10-8-9-11-21(19)34-6-2)24(27(33)35-7-3)17(4)30-28(31)37-23/h5,8-13,15-16,25H,1,6-7,14H2,2-4H3/t25-/m1/s1. The maximum Gasteiger partial charge on any atom is 0.338 e. The minimum Gasteiger partial charge on any atom is -0.494 e. The molecule has 37 heavy (non-hydrogen) atoms. The van der Waals surface area contributed by atoms with E-state index in [2.05, 4.69) is 27.5 Å². The average molecular weight is 584 g/mol. The maximum atomic E-state index is 13.8. The van der Waals surface area contributed by atoms with Gasteiger partial charge in [-0.2, -0.15) is 0 Å². The minimum absolute atomic E-state index is 0.210. The van der Waals surface area contributed by atoms with Crippen LogP contribution in [0.2, 0.25) is 0 Å². The van der Waals surface area contributed by atoms with Gasteiger partial charge in [-0.15, -0.1) is 0 Å². The normalized spacial score (nSPS) is 15.1. The predicted molar refractivity (Wildman–Crippen MR) is 148 cm³/mol. The maximum absolute atomic E-state index is 13.8. The Kier molecular flexibility index (Phi) is 8.45. The van der Waals surface area contributed by atoms with Crippen molar-refractivity contribution in [2.24, 2.45) is 4.99 Å². The molecular weight excluding hydrogens is 556 g/mol. The molecule has 0 aliphatic carbocycles. The lowest BCUT2D eigenvalue weighted by Crippen LogP contribution is -2.40. The molecule has 1 aromatic heterocycles. The van der Waals surface area contributed by atoms with Gasteiger partial charge in [0.15, 0.2) is 4.80 Å². The smallest absolute Gasteiger partial charge is 0.338 e. The number of esters is 1. The van der Waals surface area contributed by atoms with Crippen LogP contribution >= 0.6 is 27.3 Å². The fourth-order valence-electron chi connectivity index (χ4n) is 4.10. The van der Waals surface area contributed by atoms with Gasteiger partial charge in [0.25, 0.3) is 5.56 Å². The van der Waals surface area contributed by atoms with Gasteiger partial charge in [0.1, 0.15) is 24.1 Å². The van der Waals surface area contributed by atoms with Crippen LogP contribution in [0.4, 0.5) is 0 Å². The molecule has 2 heterocycles. The Bertz CT molecular complexity index is 1550. The van der Waals surface area contributed by atoms with Crippen LogP contribution in [0, 0.1) is 0 Å². The van der Waals surface area contributed by atoms with E-state index in [1.807, 2.05) is 49.4 Å². The topological polar surface area (TPSA) is 79.1 Å². The monoisotopic (exact) mass is 582 g/mol. The number of fused-ring (bicyclic) bond motifs is 1. The van der Waals surface area contributed by atoms with E-state index in [9.17, 15) is 9.59 Å². The first-order chi connectivity index (χ1) is 17.9. The fraction of sp³-hybridized carbons (Fsp3) is 0.250. The third kappa shape index (κ3) is 5.47. The summed E-state index contributed by atoms with van der Waals surface area (Å²) >= 11 is 4.80. The number of allylic oxidation sites excluding steroid dienone is 1. The Labute approximate surface area is 227 Å². The van der Waals surface area contributed by atoms with Crippen molar-refractivity contribution in [3.63, 3.8) is 0 Å². The first-order valence-corrected chi connectivity index (χ1v) is 13.4. The molecule has 4 rings (SSSR count). The Morgan fingerprint density at radius 2 is 1.95 bits per heavy atom. The molecule has 3 aromatic rings. The van der Waals surface area contributed by atoms with Crippen LogP contribution in [0.25, 0.3) is 6.08 Å². The molecule has 7 nitrogen and oxygen atoms in total. The fourth-order valence-corrected chi connectivity index (χ4v) is 5.66. The van der Waals surface area contributed by atoms with Crippen LogP contribution < -0.4 is 24.4 Å². The Balaban J connectivity index is 1.90. The molecule has 0 amide bonds. The zero-order valence-electron chi connectivity index (χ0n) is 20.8. The van der Waals surface area contributed by atoms with Gasteiger partial charge in [-0.3, -0.25) is 9.36 Å². The first kappa shape index (κ1) is 26.6. The third-order valence-corrected chi connectivity index (χ3v) is 7.24. The van der Waals surface area contributed by atoms with Crippen molar-refractivity contribution < 1.29 is 19.0 Å². The summed E-state index contributed by atoms with van der Waals surface area (Å²) in [6, 6.07) is 12.3. The van der Waals surface area contributed by atoms with Crippen LogP contribution in [0.5, 0.6) is 11.5 Å². The zero-order valence-corrected chi connectivity index (χ0v) is 23.2. The van der Waals surface area contributed by atoms with Crippen molar-refractivity contribution in [1.29, 1.82) is 0 Å². The van der Waals surface area contributed by atoms with Crippen molar-refractivity contribution >= 4 is 39.3 Å². The van der Waals surface area contributed by atoms with Crippen molar-refractivity contribution in [2.75, 3.05) is 19.8 Å². The summed E-state index contributed by atoms with van der Waals surface area (Å²) in [5.41, 5.74) is 2.09. The lowest BCUT2D eigenvalue weighted by Gasteiger charge is -2.26. The van der Waals surface area contributed by atoms with Crippen LogP contribution in [-0.4, -0.2) is 30.4 Å². The minimum atomic E-state index is -0.735. The van der Waals surface area contributed by atoms with Crippen molar-refractivity contribution in [3.05, 3.63) is 102 Å². The van der Waals surface area contributed by atoms with Gasteiger partial charge >= 0.3 is 5.97 Å². The molecular formula is C28H27BrN2O5S. The largest absolute Gasteiger partial charge is 0.494 e. The summed E-state index contributed by atoms with van der Waals surface area (Å²) in [5, 5.41) is 0. The molecule has 0 spiro atoms. The summed E-state index contributed by atoms with van der Waals surface area (Å²) in [6.45, 7) is 10.1. The number of benzene rings is 2. The number of carbonyl (C=O) groups excluding carboxylic acids is 1. The third-order valence-electron chi connectivity index (χ3n) is 5.64. The summed E-state index contributed by atoms with van der Waals surface area (Å²) in [5.74, 6) is 0.772. The Morgan fingerprint density at radius 3 is 2.65 bits per heavy atom. The number of ether oxygens (including phenoxy) is 3. The van der Waals surface area contributed by atoms with E-state index >= 15 is 0 Å². The molecule has 0 fully saturated rings. The van der Waals surface area contributed by atoms with E-state index < -0.39 is 12.0 Å². The van der Waals surface area contributed by atoms with Gasteiger partial charge < -0.3 is 14.2 Å². The molecule has 0 unspecified atom stereocenters. The lowest BCUT2D eigenvalue weighted by atomic mass is 9.95. The highest BCUT2D eigenvalue weighted by molar-refractivity contribution is 9.10. The number of rotatable bonds is 9. The van der Waals surface area contributed by atoms with Crippen molar-refractivity contribution in [1.82, 2.24) is 4.57 Å². The molecule has 1 aliphatic rings. The van der Waals surface area contributed by atoms with E-state index in [1.54, 1.807) is 30.6 Å². The van der Waals surface area contributed by atoms with Gasteiger partial charge in [-0.1, -0.05) is 48.3 Å². The molecule has 0 saturated heterocycles. The number of para-hydroxylation sites is 1. The number of nitrogens with zero attached hydrogens (tertiary/aromatic N) is 2. The molecule has 0 radical (unpaired) electrons. The lowest BCUT2D eigenvalue weighted by molar-refractivity contribution is -0.139. The molecule has 9 heteroatoms. The molecule has 2 aromatic carbocycles. The van der Waals surface area contributed by atoms with E-state index in [0.717, 1.165) is 10.0 Å². The zero-order chi connectivity index (χ0) is 26.5. The predicted octanol–water partition coefficient (Wildman–Crippen LogP) is 4.52. The molecule has 1 atom stereocenters. The number of thiazole rings is 1. The number of aromatic nitrogens is 1. The van der Waals surface area contributed by atoms with Crippen LogP contribution in [-0.2, 0) is 9.53 Å². The molecule has 192 valence electrons. The van der Waals surface area contributed by atoms with Gasteiger partial charge in [0, 0.05) is 5.56 Å². The molecule has 0 saturated carbocycles. The quantitative estimate of drug-likeness (QED) is 0.274. The van der Waals surface area contributed by atoms with Gasteiger partial charge in [-0.25, -0.2) is 9.79 Å². The Morgan fingerprint density at radius 1 is 1.16 bits per heavy atom. The number of hydrogen-bond acceptors (Lipinski definition) is 7. The second-order valence-corrected chi connectivity index (χ2v) is 9.93. The molecule has 0 bridgehead atoms. The van der Waals surface area contributed by atoms with Crippen molar-refractivity contribution in [3.8, 4) is 11.5 Å². The number of hydrogen-bond donors (Lipinski definition) is 0. The first-order valence-electron chi connectivity index (χ1n) is 11.8. The van der Waals surface area contributed by atoms with Crippen molar-refractivity contribution in [2.45, 2.75) is 26.8 Å². The number of halogens is 1. The van der Waals surface area contributed by atoms with Gasteiger partial charge in [-0.05, 0) is 66.5 Å². The highest BCUT2D eigenvalue weighted by atomic mass is 79.9. The van der Waals surface area contributed by atoms with Gasteiger partial charge in [0.05, 0.1) is 33.5 Å². The van der Waals surface area contributed by atoms with E-state index in [-0.39, 0.29) is 12.2 Å². The van der Waals surface area contributed by atoms with Gasteiger partial charge in [0.2, 0.25) is 0 Å². The molecule has 0 N–H and O–H groups in total. The number of carbonyl (C=O) groups is 1. The van der Waals surface area contributed by atoms with Crippen LogP contribution in [0.3, 0.4) is 0 Å². The second kappa shape index (κ2) is 11.7. The summed E-state index contributed by atoms with van der Waals surface area (Å²) in [7, 11) is 0. The molecule has 1 aliphatic heterocycles. The summed E-state index contributed by atoms with van der Waals surface area (Å²) in [6.07, 6.45) is 3.48. The highest BCUT2D eigenvalue weighted by Crippen LogP contribution is 2.36. The van der Waals surface area contributed by atoms with Crippen LogP contribution in [0.15, 0.2) is 80.6 Å².